The molecule has 1 aromatic rings. The zero-order valence-corrected chi connectivity index (χ0v) is 8.94. The summed E-state index contributed by atoms with van der Waals surface area (Å²) in [5, 5.41) is 9.73. The van der Waals surface area contributed by atoms with E-state index >= 15 is 0 Å². The summed E-state index contributed by atoms with van der Waals surface area (Å²) < 4.78 is 0. The third kappa shape index (κ3) is 1.95. The van der Waals surface area contributed by atoms with Crippen molar-refractivity contribution >= 4 is 6.29 Å². The van der Waals surface area contributed by atoms with E-state index in [0.29, 0.717) is 17.8 Å². The zero-order valence-electron chi connectivity index (χ0n) is 8.94. The van der Waals surface area contributed by atoms with Gasteiger partial charge in [0, 0.05) is 0 Å². The molecule has 0 amide bonds. The lowest BCUT2D eigenvalue weighted by Crippen LogP contribution is -2.22. The smallest absolute Gasteiger partial charge is 0.155 e. The van der Waals surface area contributed by atoms with Crippen molar-refractivity contribution in [2.45, 2.75) is 37.7 Å². The Bertz CT molecular complexity index is 347. The second-order valence-electron chi connectivity index (χ2n) is 4.52. The Kier molecular flexibility index (Phi) is 2.61. The Morgan fingerprint density at radius 2 is 1.93 bits per heavy atom. The lowest BCUT2D eigenvalue weighted by molar-refractivity contribution is -0.123. The molecular formula is C13H16O2. The van der Waals surface area contributed by atoms with Crippen molar-refractivity contribution in [1.29, 1.82) is 0 Å². The Morgan fingerprint density at radius 3 is 2.33 bits per heavy atom. The molecule has 0 aliphatic heterocycles. The van der Waals surface area contributed by atoms with Crippen LogP contribution in [0.2, 0.25) is 0 Å². The predicted molar refractivity (Wildman–Crippen MR) is 58.7 cm³/mol. The van der Waals surface area contributed by atoms with Crippen molar-refractivity contribution in [2.75, 3.05) is 0 Å². The highest BCUT2D eigenvalue weighted by Crippen LogP contribution is 2.36. The number of hydrogen-bond donors (Lipinski definition) is 1. The molecular weight excluding hydrogens is 188 g/mol. The van der Waals surface area contributed by atoms with Crippen LogP contribution in [0.4, 0.5) is 0 Å². The highest BCUT2D eigenvalue weighted by atomic mass is 16.3. The van der Waals surface area contributed by atoms with E-state index in [1.165, 1.54) is 31.7 Å². The van der Waals surface area contributed by atoms with Gasteiger partial charge in [0.05, 0.1) is 0 Å². The van der Waals surface area contributed by atoms with E-state index in [4.69, 9.17) is 0 Å². The standard InChI is InChI=1S/C13H16O2/c1-13(15,9-14)12-7-5-11(6-8-12)10-3-2-4-10/h5-10,15H,2-4H2,1H3. The van der Waals surface area contributed by atoms with Crippen LogP contribution in [0.15, 0.2) is 24.3 Å². The van der Waals surface area contributed by atoms with Crippen LogP contribution in [0.25, 0.3) is 0 Å². The maximum atomic E-state index is 10.7. The van der Waals surface area contributed by atoms with Crippen molar-refractivity contribution in [3.8, 4) is 0 Å². The number of rotatable bonds is 3. The molecule has 2 nitrogen and oxygen atoms in total. The second kappa shape index (κ2) is 3.78. The summed E-state index contributed by atoms with van der Waals surface area (Å²) in [5.74, 6) is 0.695. The number of carbonyl (C=O) groups is 1. The minimum atomic E-state index is -1.35. The van der Waals surface area contributed by atoms with Gasteiger partial charge in [-0.1, -0.05) is 30.7 Å². The van der Waals surface area contributed by atoms with Crippen LogP contribution in [-0.2, 0) is 10.4 Å². The molecule has 0 bridgehead atoms. The Labute approximate surface area is 89.9 Å². The van der Waals surface area contributed by atoms with E-state index in [-0.39, 0.29) is 0 Å². The first-order valence-corrected chi connectivity index (χ1v) is 5.42. The van der Waals surface area contributed by atoms with Crippen LogP contribution in [-0.4, -0.2) is 11.4 Å². The highest BCUT2D eigenvalue weighted by molar-refractivity contribution is 5.65. The minimum Gasteiger partial charge on any atom is -0.378 e. The average molecular weight is 204 g/mol. The van der Waals surface area contributed by atoms with E-state index < -0.39 is 5.60 Å². The molecule has 2 heteroatoms. The van der Waals surface area contributed by atoms with Gasteiger partial charge in [0.1, 0.15) is 5.60 Å². The van der Waals surface area contributed by atoms with Crippen LogP contribution in [0.3, 0.4) is 0 Å². The van der Waals surface area contributed by atoms with Crippen molar-refractivity contribution in [3.63, 3.8) is 0 Å². The summed E-state index contributed by atoms with van der Waals surface area (Å²) in [5.41, 5.74) is 0.644. The van der Waals surface area contributed by atoms with Gasteiger partial charge < -0.3 is 5.11 Å². The molecule has 1 aromatic carbocycles. The highest BCUT2D eigenvalue weighted by Gasteiger charge is 2.23. The molecule has 0 radical (unpaired) electrons. The van der Waals surface area contributed by atoms with Crippen LogP contribution >= 0.6 is 0 Å². The van der Waals surface area contributed by atoms with Crippen molar-refractivity contribution in [1.82, 2.24) is 0 Å². The summed E-state index contributed by atoms with van der Waals surface area (Å²) >= 11 is 0. The molecule has 1 saturated carbocycles. The Hall–Kier alpha value is -1.15. The SMILES string of the molecule is CC(O)(C=O)c1ccc(C2CCC2)cc1. The first kappa shape index (κ1) is 10.4. The van der Waals surface area contributed by atoms with Crippen molar-refractivity contribution in [2.24, 2.45) is 0 Å². The fourth-order valence-corrected chi connectivity index (χ4v) is 1.90. The Morgan fingerprint density at radius 1 is 1.33 bits per heavy atom. The second-order valence-corrected chi connectivity index (χ2v) is 4.52. The third-order valence-corrected chi connectivity index (χ3v) is 3.30. The van der Waals surface area contributed by atoms with E-state index in [0.717, 1.165) is 0 Å². The first-order chi connectivity index (χ1) is 7.13. The molecule has 1 aliphatic rings. The summed E-state index contributed by atoms with van der Waals surface area (Å²) in [7, 11) is 0. The van der Waals surface area contributed by atoms with Gasteiger partial charge in [-0.25, -0.2) is 0 Å². The molecule has 0 aromatic heterocycles. The van der Waals surface area contributed by atoms with Crippen molar-refractivity contribution < 1.29 is 9.90 Å². The first-order valence-electron chi connectivity index (χ1n) is 5.42. The molecule has 0 heterocycles. The molecule has 1 N–H and O–H groups in total. The quantitative estimate of drug-likeness (QED) is 0.767. The van der Waals surface area contributed by atoms with Crippen LogP contribution < -0.4 is 0 Å². The van der Waals surface area contributed by atoms with Crippen molar-refractivity contribution in [3.05, 3.63) is 35.4 Å². The van der Waals surface area contributed by atoms with Crippen LogP contribution in [0.5, 0.6) is 0 Å². The van der Waals surface area contributed by atoms with Gasteiger partial charge in [-0.05, 0) is 36.8 Å². The van der Waals surface area contributed by atoms with Gasteiger partial charge in [-0.2, -0.15) is 0 Å². The molecule has 0 saturated heterocycles. The summed E-state index contributed by atoms with van der Waals surface area (Å²) in [6.07, 6.45) is 4.43. The van der Waals surface area contributed by atoms with Gasteiger partial charge in [0.15, 0.2) is 6.29 Å². The third-order valence-electron chi connectivity index (χ3n) is 3.30. The van der Waals surface area contributed by atoms with Crippen LogP contribution in [0, 0.1) is 0 Å². The van der Waals surface area contributed by atoms with Gasteiger partial charge in [0.25, 0.3) is 0 Å². The van der Waals surface area contributed by atoms with Gasteiger partial charge in [-0.3, -0.25) is 4.79 Å². The Balaban J connectivity index is 2.19. The normalized spacial score (nSPS) is 20.4. The summed E-state index contributed by atoms with van der Waals surface area (Å²) in [6, 6.07) is 7.75. The van der Waals surface area contributed by atoms with E-state index in [2.05, 4.69) is 0 Å². The van der Waals surface area contributed by atoms with Crippen LogP contribution in [0.1, 0.15) is 43.2 Å². The molecule has 80 valence electrons. The molecule has 0 spiro atoms. The fourth-order valence-electron chi connectivity index (χ4n) is 1.90. The molecule has 2 rings (SSSR count). The minimum absolute atomic E-state index is 0.575. The molecule has 1 fully saturated rings. The maximum absolute atomic E-state index is 10.7. The molecule has 1 unspecified atom stereocenters. The number of aldehydes is 1. The number of hydrogen-bond acceptors (Lipinski definition) is 2. The topological polar surface area (TPSA) is 37.3 Å². The lowest BCUT2D eigenvalue weighted by atomic mass is 9.79. The predicted octanol–water partition coefficient (Wildman–Crippen LogP) is 2.36. The van der Waals surface area contributed by atoms with E-state index in [9.17, 15) is 9.90 Å². The number of aliphatic hydroxyl groups is 1. The van der Waals surface area contributed by atoms with Gasteiger partial charge >= 0.3 is 0 Å². The molecule has 1 aliphatic carbocycles. The summed E-state index contributed by atoms with van der Waals surface area (Å²) in [4.78, 5) is 10.7. The fraction of sp³-hybridized carbons (Fsp3) is 0.462. The largest absolute Gasteiger partial charge is 0.378 e. The number of carbonyl (C=O) groups excluding carboxylic acids is 1. The zero-order chi connectivity index (χ0) is 10.9. The average Bonchev–Trinajstić information content (AvgIpc) is 2.16. The maximum Gasteiger partial charge on any atom is 0.155 e. The number of benzene rings is 1. The molecule has 15 heavy (non-hydrogen) atoms. The molecule has 1 atom stereocenters. The van der Waals surface area contributed by atoms with Gasteiger partial charge in [0.2, 0.25) is 0 Å². The van der Waals surface area contributed by atoms with E-state index in [1.807, 2.05) is 24.3 Å². The summed E-state index contributed by atoms with van der Waals surface area (Å²) in [6.45, 7) is 1.51. The monoisotopic (exact) mass is 204 g/mol. The lowest BCUT2D eigenvalue weighted by Gasteiger charge is -2.26. The van der Waals surface area contributed by atoms with Gasteiger partial charge in [-0.15, -0.1) is 0 Å². The van der Waals surface area contributed by atoms with E-state index in [1.54, 1.807) is 0 Å².